The zero-order chi connectivity index (χ0) is 20.6. The van der Waals surface area contributed by atoms with Crippen molar-refractivity contribution in [1.82, 2.24) is 4.98 Å². The van der Waals surface area contributed by atoms with Crippen molar-refractivity contribution in [3.63, 3.8) is 0 Å². The van der Waals surface area contributed by atoms with Crippen LogP contribution in [0.25, 0.3) is 0 Å². The number of hydrogen-bond acceptors (Lipinski definition) is 7. The third kappa shape index (κ3) is 5.43. The number of nitro groups is 1. The molecule has 0 bridgehead atoms. The van der Waals surface area contributed by atoms with Crippen molar-refractivity contribution in [2.24, 2.45) is 5.10 Å². The van der Waals surface area contributed by atoms with Gasteiger partial charge in [-0.3, -0.25) is 15.5 Å². The normalized spacial score (nSPS) is 10.7. The monoisotopic (exact) mass is 412 g/mol. The Morgan fingerprint density at radius 1 is 1.21 bits per heavy atom. The second-order valence-electron chi connectivity index (χ2n) is 5.82. The van der Waals surface area contributed by atoms with Crippen LogP contribution >= 0.6 is 11.6 Å². The van der Waals surface area contributed by atoms with E-state index in [9.17, 15) is 10.1 Å². The van der Waals surface area contributed by atoms with E-state index in [0.29, 0.717) is 28.7 Å². The highest BCUT2D eigenvalue weighted by atomic mass is 35.5. The van der Waals surface area contributed by atoms with E-state index in [1.807, 2.05) is 12.1 Å². The molecule has 0 saturated carbocycles. The van der Waals surface area contributed by atoms with Crippen molar-refractivity contribution in [1.29, 1.82) is 0 Å². The minimum Gasteiger partial charge on any atom is -0.493 e. The minimum absolute atomic E-state index is 0.0589. The number of hydrogen-bond donors (Lipinski definition) is 1. The Balaban J connectivity index is 1.67. The summed E-state index contributed by atoms with van der Waals surface area (Å²) in [7, 11) is 1.54. The van der Waals surface area contributed by atoms with Gasteiger partial charge in [-0.2, -0.15) is 5.10 Å². The summed E-state index contributed by atoms with van der Waals surface area (Å²) in [6, 6.07) is 15.5. The van der Waals surface area contributed by atoms with Crippen LogP contribution in [0, 0.1) is 10.1 Å². The van der Waals surface area contributed by atoms with Crippen LogP contribution in [0.5, 0.6) is 11.5 Å². The number of nitrogens with zero attached hydrogens (tertiary/aromatic N) is 3. The molecule has 3 aromatic rings. The summed E-state index contributed by atoms with van der Waals surface area (Å²) in [6.07, 6.45) is 2.95. The second kappa shape index (κ2) is 9.52. The molecule has 0 unspecified atom stereocenters. The summed E-state index contributed by atoms with van der Waals surface area (Å²) in [5, 5.41) is 15.7. The van der Waals surface area contributed by atoms with Gasteiger partial charge < -0.3 is 9.47 Å². The van der Waals surface area contributed by atoms with E-state index in [-0.39, 0.29) is 11.5 Å². The molecule has 3 rings (SSSR count). The van der Waals surface area contributed by atoms with Crippen LogP contribution in [-0.2, 0) is 6.61 Å². The summed E-state index contributed by atoms with van der Waals surface area (Å²) in [4.78, 5) is 14.4. The molecule has 0 atom stereocenters. The van der Waals surface area contributed by atoms with Gasteiger partial charge in [0.25, 0.3) is 0 Å². The van der Waals surface area contributed by atoms with Crippen molar-refractivity contribution >= 4 is 29.3 Å². The first-order valence-corrected chi connectivity index (χ1v) is 8.88. The third-order valence-electron chi connectivity index (χ3n) is 3.86. The number of benzene rings is 2. The van der Waals surface area contributed by atoms with Gasteiger partial charge in [-0.1, -0.05) is 23.7 Å². The van der Waals surface area contributed by atoms with Gasteiger partial charge in [-0.05, 0) is 47.5 Å². The first-order valence-electron chi connectivity index (χ1n) is 8.50. The molecule has 1 aromatic heterocycles. The molecule has 9 heteroatoms. The largest absolute Gasteiger partial charge is 0.493 e. The molecule has 8 nitrogen and oxygen atoms in total. The van der Waals surface area contributed by atoms with Gasteiger partial charge in [0.15, 0.2) is 11.5 Å². The van der Waals surface area contributed by atoms with Gasteiger partial charge >= 0.3 is 5.69 Å². The quantitative estimate of drug-likeness (QED) is 0.327. The van der Waals surface area contributed by atoms with Gasteiger partial charge in [-0.25, -0.2) is 4.98 Å². The lowest BCUT2D eigenvalue weighted by molar-refractivity contribution is -0.384. The van der Waals surface area contributed by atoms with Crippen molar-refractivity contribution in [2.45, 2.75) is 6.61 Å². The number of rotatable bonds is 8. The Morgan fingerprint density at radius 2 is 2.00 bits per heavy atom. The second-order valence-corrected chi connectivity index (χ2v) is 6.26. The average molecular weight is 413 g/mol. The molecule has 0 radical (unpaired) electrons. The third-order valence-corrected chi connectivity index (χ3v) is 4.11. The number of halogens is 1. The Hall–Kier alpha value is -3.65. The molecule has 2 aromatic carbocycles. The van der Waals surface area contributed by atoms with E-state index in [4.69, 9.17) is 21.1 Å². The van der Waals surface area contributed by atoms with Gasteiger partial charge in [0.1, 0.15) is 6.61 Å². The molecule has 1 heterocycles. The fraction of sp³-hybridized carbons (Fsp3) is 0.100. The van der Waals surface area contributed by atoms with Gasteiger partial charge in [-0.15, -0.1) is 0 Å². The Kier molecular flexibility index (Phi) is 6.59. The van der Waals surface area contributed by atoms with E-state index >= 15 is 0 Å². The fourth-order valence-corrected chi connectivity index (χ4v) is 2.55. The van der Waals surface area contributed by atoms with Crippen molar-refractivity contribution < 1.29 is 14.4 Å². The van der Waals surface area contributed by atoms with Crippen LogP contribution in [0.2, 0.25) is 5.02 Å². The lowest BCUT2D eigenvalue weighted by Crippen LogP contribution is -2.00. The summed E-state index contributed by atoms with van der Waals surface area (Å²) in [5.41, 5.74) is 4.11. The zero-order valence-corrected chi connectivity index (χ0v) is 16.2. The molecule has 0 fully saturated rings. The number of aromatic nitrogens is 1. The highest BCUT2D eigenvalue weighted by molar-refractivity contribution is 6.30. The van der Waals surface area contributed by atoms with Crippen LogP contribution in [0.4, 0.5) is 11.5 Å². The first kappa shape index (κ1) is 20.1. The van der Waals surface area contributed by atoms with E-state index in [1.165, 1.54) is 24.5 Å². The average Bonchev–Trinajstić information content (AvgIpc) is 2.74. The Labute approximate surface area is 171 Å². The van der Waals surface area contributed by atoms with Crippen molar-refractivity contribution in [2.75, 3.05) is 12.5 Å². The van der Waals surface area contributed by atoms with Crippen LogP contribution in [0.1, 0.15) is 11.1 Å². The molecule has 0 aliphatic carbocycles. The first-order chi connectivity index (χ1) is 14.1. The Morgan fingerprint density at radius 3 is 2.72 bits per heavy atom. The predicted molar refractivity (Wildman–Crippen MR) is 111 cm³/mol. The molecule has 1 N–H and O–H groups in total. The zero-order valence-electron chi connectivity index (χ0n) is 15.4. The van der Waals surface area contributed by atoms with Crippen molar-refractivity contribution in [3.05, 3.63) is 87.1 Å². The van der Waals surface area contributed by atoms with E-state index in [2.05, 4.69) is 15.5 Å². The number of anilines is 1. The maximum atomic E-state index is 11.0. The molecule has 0 aliphatic rings. The number of pyridine rings is 1. The number of nitrogens with one attached hydrogen (secondary N) is 1. The number of hydrazone groups is 1. The number of methoxy groups -OCH3 is 1. The van der Waals surface area contributed by atoms with Gasteiger partial charge in [0, 0.05) is 17.3 Å². The fourth-order valence-electron chi connectivity index (χ4n) is 2.42. The predicted octanol–water partition coefficient (Wildman–Crippen LogP) is 4.68. The van der Waals surface area contributed by atoms with Crippen LogP contribution in [-0.4, -0.2) is 23.2 Å². The minimum atomic E-state index is -0.527. The number of ether oxygens (including phenoxy) is 2. The highest BCUT2D eigenvalue weighted by Crippen LogP contribution is 2.28. The van der Waals surface area contributed by atoms with Crippen LogP contribution in [0.3, 0.4) is 0 Å². The molecular formula is C20H17ClN4O4. The Bertz CT molecular complexity index is 1030. The van der Waals surface area contributed by atoms with Crippen molar-refractivity contribution in [3.8, 4) is 11.5 Å². The van der Waals surface area contributed by atoms with E-state index in [1.54, 1.807) is 37.4 Å². The maximum absolute atomic E-state index is 11.0. The lowest BCUT2D eigenvalue weighted by Gasteiger charge is -2.11. The molecule has 0 amide bonds. The van der Waals surface area contributed by atoms with Gasteiger partial charge in [0.2, 0.25) is 5.82 Å². The summed E-state index contributed by atoms with van der Waals surface area (Å²) >= 11 is 5.88. The lowest BCUT2D eigenvalue weighted by atomic mass is 10.2. The van der Waals surface area contributed by atoms with E-state index in [0.717, 1.165) is 5.56 Å². The van der Waals surface area contributed by atoms with Crippen LogP contribution in [0.15, 0.2) is 65.9 Å². The topological polar surface area (TPSA) is 98.9 Å². The summed E-state index contributed by atoms with van der Waals surface area (Å²) < 4.78 is 11.2. The SMILES string of the molecule is COc1cc(/C=N\Nc2ncccc2[N+](=O)[O-])ccc1OCc1ccc(Cl)cc1. The highest BCUT2D eigenvalue weighted by Gasteiger charge is 2.13. The molecule has 0 spiro atoms. The van der Waals surface area contributed by atoms with Gasteiger partial charge in [0.05, 0.1) is 18.2 Å². The molecule has 0 saturated heterocycles. The smallest absolute Gasteiger partial charge is 0.313 e. The van der Waals surface area contributed by atoms with E-state index < -0.39 is 4.92 Å². The molecule has 148 valence electrons. The maximum Gasteiger partial charge on any atom is 0.313 e. The molecule has 0 aliphatic heterocycles. The molecule has 29 heavy (non-hydrogen) atoms. The summed E-state index contributed by atoms with van der Waals surface area (Å²) in [5.74, 6) is 1.17. The van der Waals surface area contributed by atoms with Crippen LogP contribution < -0.4 is 14.9 Å². The standard InChI is InChI=1S/C20H17ClN4O4/c1-28-19-11-15(12-23-24-20-17(25(26)27)3-2-10-22-20)6-9-18(19)29-13-14-4-7-16(21)8-5-14/h2-12H,13H2,1H3,(H,22,24)/b23-12-. The molecular weight excluding hydrogens is 396 g/mol. The summed E-state index contributed by atoms with van der Waals surface area (Å²) in [6.45, 7) is 0.367.